The van der Waals surface area contributed by atoms with Crippen LogP contribution in [0.1, 0.15) is 42.5 Å². The fourth-order valence-electron chi connectivity index (χ4n) is 2.20. The molecule has 0 atom stereocenters. The number of carboxylic acids is 1. The molecule has 0 aliphatic carbocycles. The van der Waals surface area contributed by atoms with Crippen molar-refractivity contribution in [2.24, 2.45) is 0 Å². The number of aromatic amines is 1. The number of aromatic nitrogens is 2. The van der Waals surface area contributed by atoms with Gasteiger partial charge in [0.05, 0.1) is 0 Å². The van der Waals surface area contributed by atoms with Crippen LogP contribution in [0.15, 0.2) is 34.8 Å². The van der Waals surface area contributed by atoms with Crippen molar-refractivity contribution < 1.29 is 14.7 Å². The third-order valence-corrected chi connectivity index (χ3v) is 3.97. The second-order valence-electron chi connectivity index (χ2n) is 6.60. The number of rotatable bonds is 5. The number of H-pyrrole nitrogens is 1. The molecule has 0 aliphatic rings. The van der Waals surface area contributed by atoms with Crippen LogP contribution in [0.4, 0.5) is 0 Å². The van der Waals surface area contributed by atoms with Gasteiger partial charge in [-0.05, 0) is 23.8 Å². The van der Waals surface area contributed by atoms with Crippen LogP contribution in [0, 0.1) is 0 Å². The third-order valence-electron chi connectivity index (χ3n) is 3.48. The van der Waals surface area contributed by atoms with Crippen molar-refractivity contribution in [1.82, 2.24) is 15.1 Å². The maximum absolute atomic E-state index is 12.7. The summed E-state index contributed by atoms with van der Waals surface area (Å²) in [5.41, 5.74) is 1.71. The lowest BCUT2D eigenvalue weighted by atomic mass is 9.92. The lowest BCUT2D eigenvalue weighted by Gasteiger charge is -2.20. The fourth-order valence-corrected chi connectivity index (χ4v) is 2.64. The monoisotopic (exact) mass is 393 g/mol. The van der Waals surface area contributed by atoms with E-state index in [9.17, 15) is 9.59 Å². The Morgan fingerprint density at radius 3 is 2.54 bits per heavy atom. The van der Waals surface area contributed by atoms with Crippen LogP contribution in [0.3, 0.4) is 0 Å². The van der Waals surface area contributed by atoms with E-state index in [-0.39, 0.29) is 24.2 Å². The molecule has 0 fully saturated rings. The number of carboxylic acid groups (broad SMARTS) is 1. The van der Waals surface area contributed by atoms with E-state index >= 15 is 0 Å². The molecular weight excluding hydrogens is 374 g/mol. The Kier molecular flexibility index (Phi) is 5.43. The minimum atomic E-state index is -1.06. The molecule has 0 spiro atoms. The number of carbonyl (C=O) groups is 2. The van der Waals surface area contributed by atoms with Gasteiger partial charge < -0.3 is 10.0 Å². The Bertz CT molecular complexity index is 750. The Morgan fingerprint density at radius 2 is 2.00 bits per heavy atom. The molecule has 2 N–H and O–H groups in total. The first-order valence-electron chi connectivity index (χ1n) is 7.48. The number of nitrogens with one attached hydrogen (secondary N) is 1. The van der Waals surface area contributed by atoms with Gasteiger partial charge in [-0.1, -0.05) is 48.8 Å². The van der Waals surface area contributed by atoms with Crippen LogP contribution in [-0.4, -0.2) is 38.6 Å². The topological polar surface area (TPSA) is 86.3 Å². The Hall–Kier alpha value is -2.15. The number of benzene rings is 1. The van der Waals surface area contributed by atoms with Crippen LogP contribution in [-0.2, 0) is 16.8 Å². The van der Waals surface area contributed by atoms with E-state index in [2.05, 4.69) is 26.1 Å². The number of aliphatic carboxylic acids is 1. The molecule has 0 unspecified atom stereocenters. The van der Waals surface area contributed by atoms with E-state index in [0.29, 0.717) is 0 Å². The Morgan fingerprint density at radius 1 is 1.29 bits per heavy atom. The SMILES string of the molecule is CC(C)(C)c1cc(C(=O)N(CC(=O)O)Cc2cccc(Br)c2)n[nH]1. The van der Waals surface area contributed by atoms with Crippen molar-refractivity contribution in [1.29, 1.82) is 0 Å². The lowest BCUT2D eigenvalue weighted by Crippen LogP contribution is -2.35. The maximum Gasteiger partial charge on any atom is 0.323 e. The summed E-state index contributed by atoms with van der Waals surface area (Å²) in [6.45, 7) is 5.83. The van der Waals surface area contributed by atoms with Crippen LogP contribution in [0.2, 0.25) is 0 Å². The summed E-state index contributed by atoms with van der Waals surface area (Å²) >= 11 is 3.37. The van der Waals surface area contributed by atoms with Gasteiger partial charge in [0, 0.05) is 22.1 Å². The van der Waals surface area contributed by atoms with E-state index in [0.717, 1.165) is 15.7 Å². The molecule has 2 rings (SSSR count). The highest BCUT2D eigenvalue weighted by Gasteiger charge is 2.24. The van der Waals surface area contributed by atoms with Crippen LogP contribution in [0.25, 0.3) is 0 Å². The van der Waals surface area contributed by atoms with Gasteiger partial charge in [0.25, 0.3) is 5.91 Å². The van der Waals surface area contributed by atoms with Crippen molar-refractivity contribution in [2.45, 2.75) is 32.7 Å². The van der Waals surface area contributed by atoms with Gasteiger partial charge in [0.2, 0.25) is 0 Å². The molecule has 0 saturated heterocycles. The van der Waals surface area contributed by atoms with Crippen LogP contribution < -0.4 is 0 Å². The summed E-state index contributed by atoms with van der Waals surface area (Å²) in [6, 6.07) is 9.09. The summed E-state index contributed by atoms with van der Waals surface area (Å²) < 4.78 is 0.873. The molecule has 1 aromatic heterocycles. The molecule has 0 radical (unpaired) electrons. The highest BCUT2D eigenvalue weighted by atomic mass is 79.9. The molecule has 24 heavy (non-hydrogen) atoms. The Labute approximate surface area is 149 Å². The first kappa shape index (κ1) is 18.2. The number of nitrogens with zero attached hydrogens (tertiary/aromatic N) is 2. The first-order valence-corrected chi connectivity index (χ1v) is 8.27. The van der Waals surface area contributed by atoms with E-state index in [1.165, 1.54) is 4.90 Å². The second kappa shape index (κ2) is 7.17. The number of halogens is 1. The van der Waals surface area contributed by atoms with Gasteiger partial charge in [0.15, 0.2) is 0 Å². The van der Waals surface area contributed by atoms with E-state index in [4.69, 9.17) is 5.11 Å². The fraction of sp³-hybridized carbons (Fsp3) is 0.353. The smallest absolute Gasteiger partial charge is 0.323 e. The minimum Gasteiger partial charge on any atom is -0.480 e. The quantitative estimate of drug-likeness (QED) is 0.816. The van der Waals surface area contributed by atoms with Crippen LogP contribution in [0.5, 0.6) is 0 Å². The van der Waals surface area contributed by atoms with Gasteiger partial charge in [-0.25, -0.2) is 0 Å². The van der Waals surface area contributed by atoms with Gasteiger partial charge in [-0.3, -0.25) is 14.7 Å². The minimum absolute atomic E-state index is 0.173. The van der Waals surface area contributed by atoms with Crippen molar-refractivity contribution in [3.63, 3.8) is 0 Å². The maximum atomic E-state index is 12.7. The molecule has 128 valence electrons. The number of hydrogen-bond donors (Lipinski definition) is 2. The van der Waals surface area contributed by atoms with Gasteiger partial charge in [0.1, 0.15) is 12.2 Å². The molecule has 2 aromatic rings. The zero-order chi connectivity index (χ0) is 17.9. The second-order valence-corrected chi connectivity index (χ2v) is 7.52. The average Bonchev–Trinajstić information content (AvgIpc) is 2.95. The van der Waals surface area contributed by atoms with Crippen molar-refractivity contribution in [3.05, 3.63) is 51.8 Å². The molecule has 7 heteroatoms. The van der Waals surface area contributed by atoms with Crippen molar-refractivity contribution >= 4 is 27.8 Å². The largest absolute Gasteiger partial charge is 0.480 e. The molecular formula is C17H20BrN3O3. The van der Waals surface area contributed by atoms with Gasteiger partial charge >= 0.3 is 5.97 Å². The number of hydrogen-bond acceptors (Lipinski definition) is 3. The number of carbonyl (C=O) groups excluding carboxylic acids is 1. The van der Waals surface area contributed by atoms with Gasteiger partial charge in [-0.2, -0.15) is 5.10 Å². The standard InChI is InChI=1S/C17H20BrN3O3/c1-17(2,3)14-8-13(19-20-14)16(24)21(10-15(22)23)9-11-5-4-6-12(18)7-11/h4-8H,9-10H2,1-3H3,(H,19,20)(H,22,23). The summed E-state index contributed by atoms with van der Waals surface area (Å²) in [5.74, 6) is -1.48. The lowest BCUT2D eigenvalue weighted by molar-refractivity contribution is -0.137. The highest BCUT2D eigenvalue weighted by Crippen LogP contribution is 2.21. The summed E-state index contributed by atoms with van der Waals surface area (Å²) in [5, 5.41) is 16.0. The normalized spacial score (nSPS) is 11.3. The first-order chi connectivity index (χ1) is 11.2. The predicted octanol–water partition coefficient (Wildman–Crippen LogP) is 3.20. The van der Waals surface area contributed by atoms with Crippen molar-refractivity contribution in [3.8, 4) is 0 Å². The average molecular weight is 394 g/mol. The van der Waals surface area contributed by atoms with E-state index in [1.807, 2.05) is 45.0 Å². The third kappa shape index (κ3) is 4.67. The zero-order valence-corrected chi connectivity index (χ0v) is 15.4. The molecule has 1 amide bonds. The van der Waals surface area contributed by atoms with Gasteiger partial charge in [-0.15, -0.1) is 0 Å². The predicted molar refractivity (Wildman–Crippen MR) is 93.8 cm³/mol. The molecule has 1 aromatic carbocycles. The summed E-state index contributed by atoms with van der Waals surface area (Å²) in [7, 11) is 0. The summed E-state index contributed by atoms with van der Waals surface area (Å²) in [6.07, 6.45) is 0. The molecule has 0 bridgehead atoms. The van der Waals surface area contributed by atoms with E-state index in [1.54, 1.807) is 6.07 Å². The molecule has 0 aliphatic heterocycles. The summed E-state index contributed by atoms with van der Waals surface area (Å²) in [4.78, 5) is 25.1. The van der Waals surface area contributed by atoms with Crippen LogP contribution >= 0.6 is 15.9 Å². The molecule has 6 nitrogen and oxygen atoms in total. The molecule has 1 heterocycles. The highest BCUT2D eigenvalue weighted by molar-refractivity contribution is 9.10. The zero-order valence-electron chi connectivity index (χ0n) is 13.8. The Balaban J connectivity index is 2.25. The van der Waals surface area contributed by atoms with E-state index < -0.39 is 11.9 Å². The number of amides is 1. The van der Waals surface area contributed by atoms with Crippen molar-refractivity contribution in [2.75, 3.05) is 6.54 Å². The molecule has 0 saturated carbocycles.